The number of imidazole rings is 1. The van der Waals surface area contributed by atoms with E-state index in [1.165, 1.54) is 12.1 Å². The molecule has 4 rings (SSSR count). The van der Waals surface area contributed by atoms with Crippen molar-refractivity contribution >= 4 is 23.0 Å². The summed E-state index contributed by atoms with van der Waals surface area (Å²) in [5.74, 6) is -0.467. The van der Waals surface area contributed by atoms with E-state index in [1.807, 2.05) is 16.7 Å². The quantitative estimate of drug-likeness (QED) is 0.751. The molecule has 1 saturated heterocycles. The first kappa shape index (κ1) is 17.0. The number of carbonyl (C=O) groups is 1. The summed E-state index contributed by atoms with van der Waals surface area (Å²) in [6.45, 7) is 0.966. The summed E-state index contributed by atoms with van der Waals surface area (Å²) in [7, 11) is 0. The minimum atomic E-state index is -0.370. The lowest BCUT2D eigenvalue weighted by Gasteiger charge is -2.37. The molecule has 134 valence electrons. The van der Waals surface area contributed by atoms with Gasteiger partial charge in [0.05, 0.1) is 23.6 Å². The normalized spacial score (nSPS) is 20.5. The summed E-state index contributed by atoms with van der Waals surface area (Å²) >= 11 is 5.97. The SMILES string of the molecule is NC1CN(C(=O)c2cccn3cncc23)CC[C@H]1c1cc(F)cc(Cl)c1. The van der Waals surface area contributed by atoms with Gasteiger partial charge in [-0.15, -0.1) is 0 Å². The second-order valence-corrected chi connectivity index (χ2v) is 7.06. The lowest BCUT2D eigenvalue weighted by molar-refractivity contribution is 0.0695. The predicted octanol–water partition coefficient (Wildman–Crippen LogP) is 3.08. The Kier molecular flexibility index (Phi) is 4.38. The van der Waals surface area contributed by atoms with E-state index in [1.54, 1.807) is 29.6 Å². The number of piperidine rings is 1. The Balaban J connectivity index is 1.55. The van der Waals surface area contributed by atoms with Crippen LogP contribution in [0.5, 0.6) is 0 Å². The van der Waals surface area contributed by atoms with Crippen LogP contribution in [0.1, 0.15) is 28.3 Å². The molecule has 0 saturated carbocycles. The first-order chi connectivity index (χ1) is 12.5. The van der Waals surface area contributed by atoms with Crippen molar-refractivity contribution in [1.29, 1.82) is 0 Å². The van der Waals surface area contributed by atoms with Crippen LogP contribution in [0.3, 0.4) is 0 Å². The molecule has 1 amide bonds. The molecule has 1 unspecified atom stereocenters. The van der Waals surface area contributed by atoms with Gasteiger partial charge in [0.15, 0.2) is 0 Å². The number of fused-ring (bicyclic) bond motifs is 1. The predicted molar refractivity (Wildman–Crippen MR) is 97.8 cm³/mol. The number of nitrogens with zero attached hydrogens (tertiary/aromatic N) is 3. The first-order valence-corrected chi connectivity index (χ1v) is 8.82. The van der Waals surface area contributed by atoms with Gasteiger partial charge in [-0.2, -0.15) is 0 Å². The highest BCUT2D eigenvalue weighted by atomic mass is 35.5. The molecule has 0 spiro atoms. The Morgan fingerprint density at radius 2 is 2.19 bits per heavy atom. The van der Waals surface area contributed by atoms with Crippen LogP contribution in [0.2, 0.25) is 5.02 Å². The average Bonchev–Trinajstić information content (AvgIpc) is 3.08. The number of nitrogens with two attached hydrogens (primary N) is 1. The summed E-state index contributed by atoms with van der Waals surface area (Å²) in [5.41, 5.74) is 8.49. The number of halogens is 2. The molecule has 1 aliphatic heterocycles. The molecule has 3 heterocycles. The highest BCUT2D eigenvalue weighted by Crippen LogP contribution is 2.30. The van der Waals surface area contributed by atoms with Crippen LogP contribution >= 0.6 is 11.6 Å². The van der Waals surface area contributed by atoms with E-state index in [0.717, 1.165) is 11.1 Å². The second-order valence-electron chi connectivity index (χ2n) is 6.62. The summed E-state index contributed by atoms with van der Waals surface area (Å²) < 4.78 is 15.5. The van der Waals surface area contributed by atoms with Crippen molar-refractivity contribution in [2.45, 2.75) is 18.4 Å². The van der Waals surface area contributed by atoms with Crippen molar-refractivity contribution in [2.75, 3.05) is 13.1 Å². The molecular weight excluding hydrogens is 355 g/mol. The minimum Gasteiger partial charge on any atom is -0.337 e. The maximum absolute atomic E-state index is 13.7. The summed E-state index contributed by atoms with van der Waals surface area (Å²) in [5, 5.41) is 0.359. The zero-order chi connectivity index (χ0) is 18.3. The van der Waals surface area contributed by atoms with Crippen LogP contribution in [-0.2, 0) is 0 Å². The van der Waals surface area contributed by atoms with Gasteiger partial charge in [0.25, 0.3) is 5.91 Å². The maximum Gasteiger partial charge on any atom is 0.256 e. The third-order valence-electron chi connectivity index (χ3n) is 4.94. The molecule has 0 radical (unpaired) electrons. The minimum absolute atomic E-state index is 0.0296. The fraction of sp³-hybridized carbons (Fsp3) is 0.263. The summed E-state index contributed by atoms with van der Waals surface area (Å²) in [6.07, 6.45) is 5.85. The van der Waals surface area contributed by atoms with Crippen LogP contribution in [-0.4, -0.2) is 39.3 Å². The van der Waals surface area contributed by atoms with E-state index in [4.69, 9.17) is 17.3 Å². The maximum atomic E-state index is 13.7. The third kappa shape index (κ3) is 3.06. The number of carbonyl (C=O) groups excluding carboxylic acids is 1. The number of hydrogen-bond donors (Lipinski definition) is 1. The van der Waals surface area contributed by atoms with E-state index >= 15 is 0 Å². The number of aromatic nitrogens is 2. The van der Waals surface area contributed by atoms with Crippen molar-refractivity contribution in [3.05, 3.63) is 71.0 Å². The molecule has 1 aromatic carbocycles. The molecule has 0 aliphatic carbocycles. The standard InChI is InChI=1S/C19H18ClFN4O/c20-13-6-12(7-14(21)8-13)15-3-5-24(10-17(15)22)19(26)16-2-1-4-25-11-23-9-18(16)25/h1-2,4,6-9,11,15,17H,3,5,10,22H2/t15-,17?/m0/s1. The fourth-order valence-electron chi connectivity index (χ4n) is 3.67. The van der Waals surface area contributed by atoms with Crippen molar-refractivity contribution in [3.8, 4) is 0 Å². The van der Waals surface area contributed by atoms with Gasteiger partial charge >= 0.3 is 0 Å². The lowest BCUT2D eigenvalue weighted by atomic mass is 9.85. The molecule has 2 aromatic heterocycles. The number of pyridine rings is 1. The highest BCUT2D eigenvalue weighted by Gasteiger charge is 2.31. The Morgan fingerprint density at radius 1 is 1.35 bits per heavy atom. The number of benzene rings is 1. The van der Waals surface area contributed by atoms with E-state index in [2.05, 4.69) is 4.98 Å². The van der Waals surface area contributed by atoms with Gasteiger partial charge in [-0.25, -0.2) is 9.37 Å². The number of amides is 1. The van der Waals surface area contributed by atoms with Gasteiger partial charge in [-0.05, 0) is 42.3 Å². The van der Waals surface area contributed by atoms with Gasteiger partial charge in [0, 0.05) is 36.3 Å². The number of hydrogen-bond acceptors (Lipinski definition) is 3. The van der Waals surface area contributed by atoms with Crippen molar-refractivity contribution in [1.82, 2.24) is 14.3 Å². The molecule has 5 nitrogen and oxygen atoms in total. The van der Waals surface area contributed by atoms with Crippen LogP contribution in [0.25, 0.3) is 5.52 Å². The van der Waals surface area contributed by atoms with Crippen LogP contribution in [0, 0.1) is 5.82 Å². The zero-order valence-electron chi connectivity index (χ0n) is 14.0. The van der Waals surface area contributed by atoms with Crippen molar-refractivity contribution < 1.29 is 9.18 Å². The Bertz CT molecular complexity index is 953. The van der Waals surface area contributed by atoms with Gasteiger partial charge in [-0.3, -0.25) is 4.79 Å². The molecule has 0 bridgehead atoms. The summed E-state index contributed by atoms with van der Waals surface area (Å²) in [4.78, 5) is 18.8. The van der Waals surface area contributed by atoms with E-state index < -0.39 is 0 Å². The summed E-state index contributed by atoms with van der Waals surface area (Å²) in [6, 6.07) is 7.84. The molecule has 1 aliphatic rings. The van der Waals surface area contributed by atoms with Crippen LogP contribution in [0.15, 0.2) is 49.1 Å². The topological polar surface area (TPSA) is 63.6 Å². The van der Waals surface area contributed by atoms with Crippen molar-refractivity contribution in [2.24, 2.45) is 5.73 Å². The van der Waals surface area contributed by atoms with Crippen molar-refractivity contribution in [3.63, 3.8) is 0 Å². The highest BCUT2D eigenvalue weighted by molar-refractivity contribution is 6.30. The molecule has 2 N–H and O–H groups in total. The fourth-order valence-corrected chi connectivity index (χ4v) is 3.90. The molecule has 26 heavy (non-hydrogen) atoms. The van der Waals surface area contributed by atoms with E-state index in [-0.39, 0.29) is 23.7 Å². The Hall–Kier alpha value is -2.44. The second kappa shape index (κ2) is 6.70. The molecule has 7 heteroatoms. The average molecular weight is 373 g/mol. The first-order valence-electron chi connectivity index (χ1n) is 8.44. The molecule has 3 aromatic rings. The van der Waals surface area contributed by atoms with Crippen LogP contribution in [0.4, 0.5) is 4.39 Å². The smallest absolute Gasteiger partial charge is 0.256 e. The van der Waals surface area contributed by atoms with E-state index in [9.17, 15) is 9.18 Å². The third-order valence-corrected chi connectivity index (χ3v) is 5.16. The number of likely N-dealkylation sites (tertiary alicyclic amines) is 1. The molecule has 2 atom stereocenters. The van der Waals surface area contributed by atoms with Crippen LogP contribution < -0.4 is 5.73 Å². The Labute approximate surface area is 155 Å². The van der Waals surface area contributed by atoms with Gasteiger partial charge in [0.2, 0.25) is 0 Å². The number of rotatable bonds is 2. The van der Waals surface area contributed by atoms with E-state index in [0.29, 0.717) is 30.1 Å². The zero-order valence-corrected chi connectivity index (χ0v) is 14.7. The molecular formula is C19H18ClFN4O. The Morgan fingerprint density at radius 3 is 2.96 bits per heavy atom. The monoisotopic (exact) mass is 372 g/mol. The van der Waals surface area contributed by atoms with Gasteiger partial charge in [0.1, 0.15) is 5.82 Å². The lowest BCUT2D eigenvalue weighted by Crippen LogP contribution is -2.49. The molecule has 1 fully saturated rings. The van der Waals surface area contributed by atoms with Gasteiger partial charge < -0.3 is 15.0 Å². The van der Waals surface area contributed by atoms with Gasteiger partial charge in [-0.1, -0.05) is 11.6 Å². The largest absolute Gasteiger partial charge is 0.337 e.